The predicted molar refractivity (Wildman–Crippen MR) is 108 cm³/mol. The first-order valence-electron chi connectivity index (χ1n) is 9.23. The Morgan fingerprint density at radius 3 is 2.41 bits per heavy atom. The van der Waals surface area contributed by atoms with Crippen molar-refractivity contribution in [2.24, 2.45) is 0 Å². The SMILES string of the molecule is COC(=O)[C@@H]1C[C@@H](Oc2ccc(Cl)c3ccccc23)C(O)N1C(=O)OC(C)(C)C. The molecular weight excluding hydrogens is 398 g/mol. The molecule has 1 fully saturated rings. The number of methoxy groups -OCH3 is 1. The number of nitrogens with zero attached hydrogens (tertiary/aromatic N) is 1. The van der Waals surface area contributed by atoms with E-state index in [1.165, 1.54) is 7.11 Å². The van der Waals surface area contributed by atoms with Gasteiger partial charge in [0.25, 0.3) is 0 Å². The van der Waals surface area contributed by atoms with Crippen molar-refractivity contribution in [1.82, 2.24) is 4.90 Å². The molecule has 2 aromatic carbocycles. The molecular formula is C21H24ClNO6. The Morgan fingerprint density at radius 2 is 1.79 bits per heavy atom. The van der Waals surface area contributed by atoms with E-state index in [0.29, 0.717) is 10.8 Å². The molecule has 1 amide bonds. The molecule has 0 radical (unpaired) electrons. The highest BCUT2D eigenvalue weighted by Crippen LogP contribution is 2.35. The van der Waals surface area contributed by atoms with Crippen LogP contribution in [0, 0.1) is 0 Å². The monoisotopic (exact) mass is 421 g/mol. The molecule has 1 heterocycles. The van der Waals surface area contributed by atoms with Gasteiger partial charge in [0.2, 0.25) is 0 Å². The van der Waals surface area contributed by atoms with E-state index in [4.69, 9.17) is 25.8 Å². The third-order valence-corrected chi connectivity index (χ3v) is 4.93. The first-order chi connectivity index (χ1) is 13.6. The fourth-order valence-corrected chi connectivity index (χ4v) is 3.55. The van der Waals surface area contributed by atoms with Gasteiger partial charge in [-0.25, -0.2) is 9.59 Å². The molecule has 156 valence electrons. The molecule has 8 heteroatoms. The number of aliphatic hydroxyl groups excluding tert-OH is 1. The summed E-state index contributed by atoms with van der Waals surface area (Å²) < 4.78 is 16.2. The van der Waals surface area contributed by atoms with Gasteiger partial charge in [-0.2, -0.15) is 0 Å². The van der Waals surface area contributed by atoms with Crippen LogP contribution in [-0.2, 0) is 14.3 Å². The third-order valence-electron chi connectivity index (χ3n) is 4.60. The summed E-state index contributed by atoms with van der Waals surface area (Å²) in [5.41, 5.74) is -0.789. The van der Waals surface area contributed by atoms with Crippen LogP contribution in [0.25, 0.3) is 10.8 Å². The van der Waals surface area contributed by atoms with E-state index in [0.717, 1.165) is 15.7 Å². The first kappa shape index (κ1) is 21.2. The van der Waals surface area contributed by atoms with Crippen LogP contribution in [0.15, 0.2) is 36.4 Å². The molecule has 1 aliphatic rings. The van der Waals surface area contributed by atoms with Crippen molar-refractivity contribution in [3.63, 3.8) is 0 Å². The van der Waals surface area contributed by atoms with Gasteiger partial charge in [-0.15, -0.1) is 0 Å². The smallest absolute Gasteiger partial charge is 0.413 e. The number of likely N-dealkylation sites (tertiary alicyclic amines) is 1. The second-order valence-electron chi connectivity index (χ2n) is 7.82. The summed E-state index contributed by atoms with van der Waals surface area (Å²) in [4.78, 5) is 25.8. The second-order valence-corrected chi connectivity index (χ2v) is 8.23. The average Bonchev–Trinajstić information content (AvgIpc) is 2.98. The molecule has 0 spiro atoms. The number of hydrogen-bond donors (Lipinski definition) is 1. The summed E-state index contributed by atoms with van der Waals surface area (Å²) >= 11 is 6.25. The molecule has 0 bridgehead atoms. The predicted octanol–water partition coefficient (Wildman–Crippen LogP) is 3.74. The van der Waals surface area contributed by atoms with E-state index < -0.39 is 36.0 Å². The maximum atomic E-state index is 12.6. The lowest BCUT2D eigenvalue weighted by Gasteiger charge is -2.29. The molecule has 0 aliphatic carbocycles. The third kappa shape index (κ3) is 4.41. The molecule has 29 heavy (non-hydrogen) atoms. The van der Waals surface area contributed by atoms with Crippen LogP contribution in [0.1, 0.15) is 27.2 Å². The summed E-state index contributed by atoms with van der Waals surface area (Å²) in [6, 6.07) is 9.79. The van der Waals surface area contributed by atoms with Crippen molar-refractivity contribution in [2.45, 2.75) is 51.2 Å². The lowest BCUT2D eigenvalue weighted by Crippen LogP contribution is -2.49. The van der Waals surface area contributed by atoms with Crippen molar-refractivity contribution in [2.75, 3.05) is 7.11 Å². The van der Waals surface area contributed by atoms with Gasteiger partial charge in [-0.05, 0) is 32.9 Å². The average molecular weight is 422 g/mol. The van der Waals surface area contributed by atoms with Gasteiger partial charge in [-0.3, -0.25) is 4.90 Å². The molecule has 3 rings (SSSR count). The van der Waals surface area contributed by atoms with Gasteiger partial charge in [0.1, 0.15) is 23.5 Å². The molecule has 1 unspecified atom stereocenters. The molecule has 1 saturated heterocycles. The lowest BCUT2D eigenvalue weighted by atomic mass is 10.1. The minimum Gasteiger partial charge on any atom is -0.485 e. The van der Waals surface area contributed by atoms with Gasteiger partial charge < -0.3 is 19.3 Å². The van der Waals surface area contributed by atoms with Gasteiger partial charge in [0.05, 0.1) is 7.11 Å². The highest BCUT2D eigenvalue weighted by molar-refractivity contribution is 6.35. The Morgan fingerprint density at radius 1 is 1.14 bits per heavy atom. The maximum Gasteiger partial charge on any atom is 0.413 e. The van der Waals surface area contributed by atoms with Crippen LogP contribution in [0.4, 0.5) is 4.79 Å². The van der Waals surface area contributed by atoms with Crippen LogP contribution < -0.4 is 4.74 Å². The zero-order valence-electron chi connectivity index (χ0n) is 16.7. The minimum absolute atomic E-state index is 0.0596. The Balaban J connectivity index is 1.90. The number of hydrogen-bond acceptors (Lipinski definition) is 6. The number of carbonyl (C=O) groups excluding carboxylic acids is 2. The molecule has 1 N–H and O–H groups in total. The normalized spacial score (nSPS) is 21.9. The topological polar surface area (TPSA) is 85.3 Å². The molecule has 0 aromatic heterocycles. The van der Waals surface area contributed by atoms with Crippen molar-refractivity contribution in [3.8, 4) is 5.75 Å². The zero-order valence-corrected chi connectivity index (χ0v) is 17.5. The summed E-state index contributed by atoms with van der Waals surface area (Å²) in [6.07, 6.45) is -2.99. The van der Waals surface area contributed by atoms with Crippen LogP contribution in [0.5, 0.6) is 5.75 Å². The molecule has 0 saturated carbocycles. The largest absolute Gasteiger partial charge is 0.485 e. The maximum absolute atomic E-state index is 12.6. The fraction of sp³-hybridized carbons (Fsp3) is 0.429. The van der Waals surface area contributed by atoms with E-state index in [-0.39, 0.29) is 6.42 Å². The molecule has 7 nitrogen and oxygen atoms in total. The second kappa shape index (κ2) is 8.08. The zero-order chi connectivity index (χ0) is 21.3. The van der Waals surface area contributed by atoms with E-state index in [1.807, 2.05) is 24.3 Å². The lowest BCUT2D eigenvalue weighted by molar-refractivity contribution is -0.148. The number of ether oxygens (including phenoxy) is 3. The summed E-state index contributed by atoms with van der Waals surface area (Å²) in [5.74, 6) is -0.161. The number of fused-ring (bicyclic) bond motifs is 1. The number of halogens is 1. The number of esters is 1. The van der Waals surface area contributed by atoms with Crippen molar-refractivity contribution < 1.29 is 28.9 Å². The molecule has 3 atom stereocenters. The van der Waals surface area contributed by atoms with Gasteiger partial charge >= 0.3 is 12.1 Å². The Hall–Kier alpha value is -2.51. The van der Waals surface area contributed by atoms with E-state index in [1.54, 1.807) is 32.9 Å². The Labute approximate surface area is 174 Å². The van der Waals surface area contributed by atoms with E-state index in [9.17, 15) is 14.7 Å². The summed E-state index contributed by atoms with van der Waals surface area (Å²) in [6.45, 7) is 5.11. The van der Waals surface area contributed by atoms with Gasteiger partial charge in [-0.1, -0.05) is 35.9 Å². The minimum atomic E-state index is -1.39. The number of benzene rings is 2. The summed E-state index contributed by atoms with van der Waals surface area (Å²) in [7, 11) is 1.23. The Kier molecular flexibility index (Phi) is 5.91. The summed E-state index contributed by atoms with van der Waals surface area (Å²) in [5, 5.41) is 12.9. The van der Waals surface area contributed by atoms with Crippen molar-refractivity contribution in [1.29, 1.82) is 0 Å². The van der Waals surface area contributed by atoms with Gasteiger partial charge in [0, 0.05) is 22.2 Å². The van der Waals surface area contributed by atoms with Crippen LogP contribution in [0.3, 0.4) is 0 Å². The number of amides is 1. The van der Waals surface area contributed by atoms with Crippen LogP contribution in [-0.4, -0.2) is 53.2 Å². The number of rotatable bonds is 3. The Bertz CT molecular complexity index is 925. The highest BCUT2D eigenvalue weighted by Gasteiger charge is 2.50. The van der Waals surface area contributed by atoms with Crippen LogP contribution >= 0.6 is 11.6 Å². The van der Waals surface area contributed by atoms with Crippen molar-refractivity contribution >= 4 is 34.4 Å². The number of aliphatic hydroxyl groups is 1. The molecule has 2 aromatic rings. The van der Waals surface area contributed by atoms with Gasteiger partial charge in [0.15, 0.2) is 6.23 Å². The standard InChI is InChI=1S/C21H24ClNO6/c1-21(2,3)29-20(26)23-15(19(25)27-4)11-17(18(23)24)28-16-10-9-14(22)12-7-5-6-8-13(12)16/h5-10,15,17-18,24H,11H2,1-4H3/t15-,17+,18?/m0/s1. The van der Waals surface area contributed by atoms with Crippen molar-refractivity contribution in [3.05, 3.63) is 41.4 Å². The first-order valence-corrected chi connectivity index (χ1v) is 9.61. The van der Waals surface area contributed by atoms with E-state index in [2.05, 4.69) is 0 Å². The van der Waals surface area contributed by atoms with E-state index >= 15 is 0 Å². The van der Waals surface area contributed by atoms with Crippen LogP contribution in [0.2, 0.25) is 5.02 Å². The quantitative estimate of drug-likeness (QED) is 0.760. The fourth-order valence-electron chi connectivity index (χ4n) is 3.32. The molecule has 1 aliphatic heterocycles. The highest BCUT2D eigenvalue weighted by atomic mass is 35.5. The number of carbonyl (C=O) groups is 2.